The van der Waals surface area contributed by atoms with E-state index in [1.807, 2.05) is 18.2 Å². The lowest BCUT2D eigenvalue weighted by molar-refractivity contribution is 0.395. The maximum Gasteiger partial charge on any atom is 0.121 e. The van der Waals surface area contributed by atoms with Gasteiger partial charge in [-0.1, -0.05) is 44.2 Å². The molecule has 2 bridgehead atoms. The molecule has 1 aromatic rings. The summed E-state index contributed by atoms with van der Waals surface area (Å²) in [4.78, 5) is 0. The Bertz CT molecular complexity index is 467. The van der Waals surface area contributed by atoms with Crippen LogP contribution in [0.25, 0.3) is 0 Å². The van der Waals surface area contributed by atoms with Crippen molar-refractivity contribution in [2.24, 2.45) is 5.41 Å². The van der Waals surface area contributed by atoms with E-state index < -0.39 is 7.14 Å². The zero-order chi connectivity index (χ0) is 11.4. The summed E-state index contributed by atoms with van der Waals surface area (Å²) in [6.45, 7) is 4.57. The molecule has 0 N–H and O–H groups in total. The van der Waals surface area contributed by atoms with Gasteiger partial charge in [-0.2, -0.15) is 0 Å². The summed E-state index contributed by atoms with van der Waals surface area (Å²) >= 11 is 0. The van der Waals surface area contributed by atoms with Crippen molar-refractivity contribution in [2.75, 3.05) is 6.16 Å². The Hall–Kier alpha value is -0.550. The van der Waals surface area contributed by atoms with Crippen LogP contribution < -0.4 is 5.30 Å². The predicted molar refractivity (Wildman–Crippen MR) is 68.9 cm³/mol. The van der Waals surface area contributed by atoms with Crippen LogP contribution in [0.1, 0.15) is 33.1 Å². The number of fused-ring (bicyclic) bond motifs is 2. The molecule has 3 rings (SSSR count). The summed E-state index contributed by atoms with van der Waals surface area (Å²) in [5.74, 6) is 0. The van der Waals surface area contributed by atoms with E-state index in [1.165, 1.54) is 6.42 Å². The molecule has 1 aliphatic carbocycles. The van der Waals surface area contributed by atoms with Gasteiger partial charge in [-0.25, -0.2) is 0 Å². The molecule has 1 heterocycles. The molecule has 0 aromatic heterocycles. The smallest absolute Gasteiger partial charge is 0.121 e. The van der Waals surface area contributed by atoms with Crippen molar-refractivity contribution in [1.29, 1.82) is 0 Å². The molecular formula is C14H19OP. The molecule has 86 valence electrons. The van der Waals surface area contributed by atoms with Crippen molar-refractivity contribution in [3.05, 3.63) is 30.3 Å². The SMILES string of the molecule is CC12CCC(C)(C1)P(=O)(c1ccccc1)C2. The minimum atomic E-state index is -2.16. The molecule has 2 heteroatoms. The molecular weight excluding hydrogens is 215 g/mol. The molecule has 1 saturated carbocycles. The van der Waals surface area contributed by atoms with Gasteiger partial charge in [0.1, 0.15) is 7.14 Å². The average molecular weight is 234 g/mol. The van der Waals surface area contributed by atoms with Crippen molar-refractivity contribution in [1.82, 2.24) is 0 Å². The fraction of sp³-hybridized carbons (Fsp3) is 0.571. The summed E-state index contributed by atoms with van der Waals surface area (Å²) in [6.07, 6.45) is 4.50. The number of benzene rings is 1. The lowest BCUT2D eigenvalue weighted by Gasteiger charge is -2.33. The normalized spacial score (nSPS) is 46.1. The first-order valence-corrected chi connectivity index (χ1v) is 8.02. The Morgan fingerprint density at radius 3 is 2.31 bits per heavy atom. The largest absolute Gasteiger partial charge is 0.318 e. The van der Waals surface area contributed by atoms with Crippen LogP contribution in [0.3, 0.4) is 0 Å². The zero-order valence-electron chi connectivity index (χ0n) is 10.1. The van der Waals surface area contributed by atoms with Crippen LogP contribution in [-0.2, 0) is 4.57 Å². The first kappa shape index (κ1) is 10.6. The van der Waals surface area contributed by atoms with E-state index in [9.17, 15) is 4.57 Å². The van der Waals surface area contributed by atoms with Gasteiger partial charge >= 0.3 is 0 Å². The molecule has 0 radical (unpaired) electrons. The molecule has 0 spiro atoms. The van der Waals surface area contributed by atoms with Crippen molar-refractivity contribution in [3.8, 4) is 0 Å². The summed E-state index contributed by atoms with van der Waals surface area (Å²) in [6, 6.07) is 10.2. The Labute approximate surface area is 97.6 Å². The third-order valence-electron chi connectivity index (χ3n) is 4.72. The Balaban J connectivity index is 2.12. The van der Waals surface area contributed by atoms with Crippen LogP contribution in [0.2, 0.25) is 0 Å². The summed E-state index contributed by atoms with van der Waals surface area (Å²) < 4.78 is 13.3. The average Bonchev–Trinajstić information content (AvgIpc) is 2.66. The number of hydrogen-bond acceptors (Lipinski definition) is 1. The summed E-state index contributed by atoms with van der Waals surface area (Å²) in [7, 11) is -2.16. The van der Waals surface area contributed by atoms with Crippen molar-refractivity contribution in [3.63, 3.8) is 0 Å². The van der Waals surface area contributed by atoms with Crippen LogP contribution in [0.4, 0.5) is 0 Å². The first-order valence-electron chi connectivity index (χ1n) is 6.12. The Kier molecular flexibility index (Phi) is 2.00. The third kappa shape index (κ3) is 1.21. The fourth-order valence-electron chi connectivity index (χ4n) is 3.91. The standard InChI is InChI=1S/C14H19OP/c1-13-8-9-14(2,10-13)16(15,11-13)12-6-4-3-5-7-12/h3-7H,8-11H2,1-2H3. The topological polar surface area (TPSA) is 17.1 Å². The van der Waals surface area contributed by atoms with Crippen LogP contribution in [-0.4, -0.2) is 11.3 Å². The highest BCUT2D eigenvalue weighted by Crippen LogP contribution is 2.76. The van der Waals surface area contributed by atoms with Crippen LogP contribution in [0.5, 0.6) is 0 Å². The Morgan fingerprint density at radius 1 is 1.12 bits per heavy atom. The fourth-order valence-corrected chi connectivity index (χ4v) is 8.21. The van der Waals surface area contributed by atoms with E-state index in [0.29, 0.717) is 5.41 Å². The first-order chi connectivity index (χ1) is 7.48. The van der Waals surface area contributed by atoms with Crippen LogP contribution in [0.15, 0.2) is 30.3 Å². The molecule has 3 atom stereocenters. The molecule has 1 aromatic carbocycles. The van der Waals surface area contributed by atoms with Gasteiger partial charge in [0.05, 0.1) is 0 Å². The van der Waals surface area contributed by atoms with E-state index in [0.717, 1.165) is 24.3 Å². The molecule has 16 heavy (non-hydrogen) atoms. The van der Waals surface area contributed by atoms with E-state index in [2.05, 4.69) is 26.0 Å². The van der Waals surface area contributed by atoms with Crippen molar-refractivity contribution < 1.29 is 4.57 Å². The van der Waals surface area contributed by atoms with Crippen molar-refractivity contribution in [2.45, 2.75) is 38.3 Å². The Morgan fingerprint density at radius 2 is 1.81 bits per heavy atom. The van der Waals surface area contributed by atoms with Gasteiger partial charge in [0, 0.05) is 16.6 Å². The second-order valence-corrected chi connectivity index (χ2v) is 9.61. The zero-order valence-corrected chi connectivity index (χ0v) is 11.0. The third-order valence-corrected chi connectivity index (χ3v) is 9.19. The highest BCUT2D eigenvalue weighted by atomic mass is 31.2. The van der Waals surface area contributed by atoms with Crippen molar-refractivity contribution >= 4 is 12.4 Å². The van der Waals surface area contributed by atoms with Gasteiger partial charge in [-0.3, -0.25) is 0 Å². The molecule has 2 aliphatic rings. The lowest BCUT2D eigenvalue weighted by atomic mass is 9.91. The molecule has 0 amide bonds. The maximum absolute atomic E-state index is 13.3. The van der Waals surface area contributed by atoms with E-state index in [1.54, 1.807) is 0 Å². The maximum atomic E-state index is 13.3. The van der Waals surface area contributed by atoms with Gasteiger partial charge in [-0.15, -0.1) is 0 Å². The number of hydrogen-bond donors (Lipinski definition) is 0. The highest BCUT2D eigenvalue weighted by Gasteiger charge is 2.62. The minimum absolute atomic E-state index is 0.0864. The molecule has 1 nitrogen and oxygen atoms in total. The summed E-state index contributed by atoms with van der Waals surface area (Å²) in [5.41, 5.74) is 0.347. The van der Waals surface area contributed by atoms with Crippen LogP contribution >= 0.6 is 7.14 Å². The van der Waals surface area contributed by atoms with E-state index in [-0.39, 0.29) is 5.16 Å². The molecule has 2 fully saturated rings. The van der Waals surface area contributed by atoms with Gasteiger partial charge in [0.2, 0.25) is 0 Å². The van der Waals surface area contributed by atoms with Gasteiger partial charge in [0.15, 0.2) is 0 Å². The number of rotatable bonds is 1. The van der Waals surface area contributed by atoms with Gasteiger partial charge < -0.3 is 4.57 Å². The lowest BCUT2D eigenvalue weighted by Crippen LogP contribution is -2.26. The minimum Gasteiger partial charge on any atom is -0.318 e. The molecule has 1 saturated heterocycles. The summed E-state index contributed by atoms with van der Waals surface area (Å²) in [5, 5.41) is 1.20. The second-order valence-electron chi connectivity index (χ2n) is 6.22. The molecule has 3 unspecified atom stereocenters. The van der Waals surface area contributed by atoms with Gasteiger partial charge in [0.25, 0.3) is 0 Å². The van der Waals surface area contributed by atoms with E-state index >= 15 is 0 Å². The monoisotopic (exact) mass is 234 g/mol. The molecule has 1 aliphatic heterocycles. The predicted octanol–water partition coefficient (Wildman–Crippen LogP) is 3.64. The highest BCUT2D eigenvalue weighted by molar-refractivity contribution is 7.73. The quantitative estimate of drug-likeness (QED) is 0.678. The van der Waals surface area contributed by atoms with Crippen LogP contribution in [0, 0.1) is 5.41 Å². The van der Waals surface area contributed by atoms with Gasteiger partial charge in [-0.05, 0) is 24.7 Å². The van der Waals surface area contributed by atoms with E-state index in [4.69, 9.17) is 0 Å². The second kappa shape index (κ2) is 3.01.